The molecule has 4 heterocycles. The van der Waals surface area contributed by atoms with Crippen molar-refractivity contribution in [2.45, 2.75) is 25.7 Å². The number of urea groups is 1. The van der Waals surface area contributed by atoms with E-state index in [2.05, 4.69) is 10.2 Å². The van der Waals surface area contributed by atoms with E-state index in [-0.39, 0.29) is 18.1 Å². The first-order valence-electron chi connectivity index (χ1n) is 10.3. The van der Waals surface area contributed by atoms with Gasteiger partial charge in [0.15, 0.2) is 17.4 Å². The van der Waals surface area contributed by atoms with Crippen molar-refractivity contribution < 1.29 is 28.3 Å². The first-order valence-corrected chi connectivity index (χ1v) is 10.3. The van der Waals surface area contributed by atoms with Crippen molar-refractivity contribution in [1.29, 1.82) is 0 Å². The molecule has 160 valence electrons. The van der Waals surface area contributed by atoms with Crippen LogP contribution in [0, 0.1) is 0 Å². The molecule has 3 aliphatic heterocycles. The second-order valence-corrected chi connectivity index (χ2v) is 7.57. The molecule has 2 fully saturated rings. The third-order valence-electron chi connectivity index (χ3n) is 5.53. The second-order valence-electron chi connectivity index (χ2n) is 7.57. The molecule has 9 nitrogen and oxygen atoms in total. The van der Waals surface area contributed by atoms with Crippen LogP contribution < -0.4 is 24.6 Å². The van der Waals surface area contributed by atoms with Crippen molar-refractivity contribution in [2.24, 2.45) is 0 Å². The molecule has 0 spiro atoms. The first kappa shape index (κ1) is 19.2. The molecule has 5 rings (SSSR count). The Kier molecular flexibility index (Phi) is 4.85. The minimum atomic E-state index is -0.823. The number of hydrogen-bond acceptors (Lipinski definition) is 7. The molecule has 0 radical (unpaired) electrons. The summed E-state index contributed by atoms with van der Waals surface area (Å²) in [5.74, 6) is 0.532. The molecule has 2 saturated heterocycles. The van der Waals surface area contributed by atoms with Crippen molar-refractivity contribution in [2.75, 3.05) is 29.7 Å². The van der Waals surface area contributed by atoms with E-state index >= 15 is 0 Å². The molecule has 1 aromatic carbocycles. The molecule has 0 saturated carbocycles. The van der Waals surface area contributed by atoms with Crippen LogP contribution in [0.15, 0.2) is 40.3 Å². The summed E-state index contributed by atoms with van der Waals surface area (Å²) >= 11 is 0. The van der Waals surface area contributed by atoms with Crippen molar-refractivity contribution in [3.63, 3.8) is 0 Å². The number of hydrogen-bond donors (Lipinski definition) is 1. The molecular weight excluding hydrogens is 402 g/mol. The van der Waals surface area contributed by atoms with Gasteiger partial charge in [-0.25, -0.2) is 9.69 Å². The summed E-state index contributed by atoms with van der Waals surface area (Å²) in [4.78, 5) is 40.9. The zero-order valence-electron chi connectivity index (χ0n) is 16.8. The van der Waals surface area contributed by atoms with Gasteiger partial charge in [-0.2, -0.15) is 0 Å². The van der Waals surface area contributed by atoms with E-state index in [0.29, 0.717) is 23.1 Å². The van der Waals surface area contributed by atoms with Crippen LogP contribution in [0.5, 0.6) is 11.5 Å². The summed E-state index contributed by atoms with van der Waals surface area (Å²) in [5.41, 5.74) is 0.0869. The van der Waals surface area contributed by atoms with Crippen LogP contribution in [-0.4, -0.2) is 37.7 Å². The monoisotopic (exact) mass is 423 g/mol. The number of barbiturate groups is 1. The Balaban J connectivity index is 1.42. The fourth-order valence-electron chi connectivity index (χ4n) is 3.94. The third-order valence-corrected chi connectivity index (χ3v) is 5.53. The highest BCUT2D eigenvalue weighted by molar-refractivity contribution is 6.39. The van der Waals surface area contributed by atoms with Crippen molar-refractivity contribution in [3.05, 3.63) is 41.7 Å². The van der Waals surface area contributed by atoms with Crippen LogP contribution in [0.25, 0.3) is 6.08 Å². The van der Waals surface area contributed by atoms with Crippen molar-refractivity contribution in [3.8, 4) is 11.5 Å². The Labute approximate surface area is 178 Å². The van der Waals surface area contributed by atoms with Crippen LogP contribution in [0.3, 0.4) is 0 Å². The van der Waals surface area contributed by atoms with E-state index < -0.39 is 17.8 Å². The number of carbonyl (C=O) groups excluding carboxylic acids is 3. The van der Waals surface area contributed by atoms with Gasteiger partial charge in [0.05, 0.1) is 5.69 Å². The molecular formula is C22H21N3O6. The highest BCUT2D eigenvalue weighted by atomic mass is 16.7. The molecule has 0 atom stereocenters. The van der Waals surface area contributed by atoms with E-state index in [1.54, 1.807) is 18.2 Å². The summed E-state index contributed by atoms with van der Waals surface area (Å²) in [6.07, 6.45) is 5.97. The van der Waals surface area contributed by atoms with E-state index in [1.165, 1.54) is 25.0 Å². The molecule has 1 aromatic heterocycles. The third kappa shape index (κ3) is 3.63. The van der Waals surface area contributed by atoms with Crippen molar-refractivity contribution >= 4 is 35.5 Å². The molecule has 9 heteroatoms. The minimum Gasteiger partial charge on any atom is -0.454 e. The van der Waals surface area contributed by atoms with Gasteiger partial charge in [-0.05, 0) is 37.1 Å². The minimum absolute atomic E-state index is 0.0699. The SMILES string of the molecule is O=C1NC(=O)N(c2ccc3c(c2)OCO3)C(=O)/C1=C/c1ccc(N2CCCCCC2)o1. The van der Waals surface area contributed by atoms with Crippen LogP contribution in [0.1, 0.15) is 31.4 Å². The maximum atomic E-state index is 13.1. The summed E-state index contributed by atoms with van der Waals surface area (Å²) in [5, 5.41) is 2.21. The number of benzene rings is 1. The van der Waals surface area contributed by atoms with Gasteiger partial charge in [0.1, 0.15) is 11.3 Å². The Morgan fingerprint density at radius 1 is 0.903 bits per heavy atom. The highest BCUT2D eigenvalue weighted by Crippen LogP contribution is 2.36. The Morgan fingerprint density at radius 2 is 1.68 bits per heavy atom. The zero-order chi connectivity index (χ0) is 21.4. The smallest absolute Gasteiger partial charge is 0.335 e. The topological polar surface area (TPSA) is 101 Å². The lowest BCUT2D eigenvalue weighted by molar-refractivity contribution is -0.122. The van der Waals surface area contributed by atoms with Crippen LogP contribution in [0.4, 0.5) is 16.4 Å². The molecule has 0 aliphatic carbocycles. The number of furan rings is 1. The zero-order valence-corrected chi connectivity index (χ0v) is 16.8. The van der Waals surface area contributed by atoms with Gasteiger partial charge in [-0.3, -0.25) is 14.9 Å². The van der Waals surface area contributed by atoms with Gasteiger partial charge >= 0.3 is 6.03 Å². The number of carbonyl (C=O) groups is 3. The van der Waals surface area contributed by atoms with Crippen molar-refractivity contribution in [1.82, 2.24) is 5.32 Å². The molecule has 3 aliphatic rings. The van der Waals surface area contributed by atoms with Crippen LogP contribution >= 0.6 is 0 Å². The van der Waals surface area contributed by atoms with Crippen LogP contribution in [0.2, 0.25) is 0 Å². The molecule has 0 unspecified atom stereocenters. The lowest BCUT2D eigenvalue weighted by Crippen LogP contribution is -2.54. The van der Waals surface area contributed by atoms with Gasteiger partial charge in [0.25, 0.3) is 11.8 Å². The van der Waals surface area contributed by atoms with E-state index in [0.717, 1.165) is 30.8 Å². The van der Waals surface area contributed by atoms with Gasteiger partial charge in [0.2, 0.25) is 6.79 Å². The second kappa shape index (κ2) is 7.82. The highest BCUT2D eigenvalue weighted by Gasteiger charge is 2.37. The summed E-state index contributed by atoms with van der Waals surface area (Å²) in [7, 11) is 0. The summed E-state index contributed by atoms with van der Waals surface area (Å²) in [6.45, 7) is 1.89. The summed E-state index contributed by atoms with van der Waals surface area (Å²) < 4.78 is 16.5. The number of ether oxygens (including phenoxy) is 2. The number of fused-ring (bicyclic) bond motifs is 1. The normalized spacial score (nSPS) is 20.3. The van der Waals surface area contributed by atoms with Gasteiger partial charge < -0.3 is 18.8 Å². The number of rotatable bonds is 3. The largest absolute Gasteiger partial charge is 0.454 e. The fourth-order valence-corrected chi connectivity index (χ4v) is 3.94. The standard InChI is InChI=1S/C22H21N3O6/c26-20-16(12-15-6-8-19(31-15)24-9-3-1-2-4-10-24)21(27)25(22(28)23-20)14-5-7-17-18(11-14)30-13-29-17/h5-8,11-12H,1-4,9-10,13H2,(H,23,26,28)/b16-12+. The predicted octanol–water partition coefficient (Wildman–Crippen LogP) is 3.06. The van der Waals surface area contributed by atoms with Gasteiger partial charge in [-0.15, -0.1) is 0 Å². The van der Waals surface area contributed by atoms with E-state index in [4.69, 9.17) is 13.9 Å². The quantitative estimate of drug-likeness (QED) is 0.598. The average Bonchev–Trinajstić information content (AvgIpc) is 3.33. The Bertz CT molecular complexity index is 1080. The molecule has 1 N–H and O–H groups in total. The number of imide groups is 2. The Morgan fingerprint density at radius 3 is 2.48 bits per heavy atom. The van der Waals surface area contributed by atoms with Gasteiger partial charge in [0, 0.05) is 25.2 Å². The lowest BCUT2D eigenvalue weighted by Gasteiger charge is -2.26. The fraction of sp³-hybridized carbons (Fsp3) is 0.318. The summed E-state index contributed by atoms with van der Waals surface area (Å²) in [6, 6.07) is 7.42. The number of nitrogens with one attached hydrogen (secondary N) is 1. The maximum absolute atomic E-state index is 13.1. The molecule has 2 aromatic rings. The molecule has 0 bridgehead atoms. The lowest BCUT2D eigenvalue weighted by atomic mass is 10.1. The predicted molar refractivity (Wildman–Crippen MR) is 111 cm³/mol. The van der Waals surface area contributed by atoms with E-state index in [1.807, 2.05) is 6.07 Å². The van der Waals surface area contributed by atoms with E-state index in [9.17, 15) is 14.4 Å². The number of anilines is 2. The molecule has 4 amide bonds. The maximum Gasteiger partial charge on any atom is 0.335 e. The average molecular weight is 423 g/mol. The van der Waals surface area contributed by atoms with Gasteiger partial charge in [-0.1, -0.05) is 12.8 Å². The number of nitrogens with zero attached hydrogens (tertiary/aromatic N) is 2. The van der Waals surface area contributed by atoms with Crippen LogP contribution in [-0.2, 0) is 9.59 Å². The Hall–Kier alpha value is -3.75. The number of amides is 4. The first-order chi connectivity index (χ1) is 15.1. The molecule has 31 heavy (non-hydrogen) atoms.